The molecule has 3 heterocycles. The molecule has 8 heteroatoms. The molecule has 0 saturated carbocycles. The third-order valence-corrected chi connectivity index (χ3v) is 5.09. The van der Waals surface area contributed by atoms with E-state index < -0.39 is 0 Å². The number of aryl methyl sites for hydroxylation is 1. The lowest BCUT2D eigenvalue weighted by Crippen LogP contribution is -2.49. The Morgan fingerprint density at radius 3 is 2.59 bits per heavy atom. The monoisotopic (exact) mass is 384 g/mol. The Morgan fingerprint density at radius 2 is 1.89 bits per heavy atom. The lowest BCUT2D eigenvalue weighted by molar-refractivity contribution is 0.0746. The zero-order chi connectivity index (χ0) is 18.8. The van der Waals surface area contributed by atoms with E-state index in [1.165, 1.54) is 0 Å². The Balaban J connectivity index is 1.48. The third-order valence-electron chi connectivity index (χ3n) is 4.84. The van der Waals surface area contributed by atoms with Crippen molar-refractivity contribution in [2.24, 2.45) is 0 Å². The predicted molar refractivity (Wildman–Crippen MR) is 104 cm³/mol. The number of halogens is 1. The molecule has 1 amide bonds. The first-order valence-corrected chi connectivity index (χ1v) is 9.53. The van der Waals surface area contributed by atoms with Crippen molar-refractivity contribution in [3.63, 3.8) is 0 Å². The summed E-state index contributed by atoms with van der Waals surface area (Å²) in [6, 6.07) is 9.15. The van der Waals surface area contributed by atoms with Crippen LogP contribution in [0.5, 0.6) is 0 Å². The van der Waals surface area contributed by atoms with Crippen molar-refractivity contribution in [1.29, 1.82) is 0 Å². The second kappa shape index (κ2) is 7.52. The number of hydrogen-bond donors (Lipinski definition) is 0. The number of rotatable bonds is 4. The molecule has 1 fully saturated rings. The quantitative estimate of drug-likeness (QED) is 0.691. The van der Waals surface area contributed by atoms with E-state index in [2.05, 4.69) is 33.1 Å². The summed E-state index contributed by atoms with van der Waals surface area (Å²) in [5.41, 5.74) is 1.82. The Kier molecular flexibility index (Phi) is 4.94. The van der Waals surface area contributed by atoms with Gasteiger partial charge in [-0.1, -0.05) is 24.9 Å². The lowest BCUT2D eigenvalue weighted by atomic mass is 10.2. The van der Waals surface area contributed by atoms with Gasteiger partial charge in [0.25, 0.3) is 11.7 Å². The largest absolute Gasteiger partial charge is 0.353 e. The molecule has 3 aromatic rings. The van der Waals surface area contributed by atoms with Crippen LogP contribution in [-0.4, -0.2) is 56.6 Å². The van der Waals surface area contributed by atoms with Gasteiger partial charge in [0.05, 0.1) is 0 Å². The summed E-state index contributed by atoms with van der Waals surface area (Å²) in [6.07, 6.45) is 3.69. The molecule has 0 bridgehead atoms. The maximum absolute atomic E-state index is 12.7. The Labute approximate surface area is 162 Å². The number of benzene rings is 1. The highest BCUT2D eigenvalue weighted by molar-refractivity contribution is 6.30. The number of fused-ring (bicyclic) bond motifs is 1. The van der Waals surface area contributed by atoms with Crippen molar-refractivity contribution in [3.05, 3.63) is 52.9 Å². The Hall–Kier alpha value is -2.67. The van der Waals surface area contributed by atoms with Crippen molar-refractivity contribution in [1.82, 2.24) is 24.5 Å². The van der Waals surface area contributed by atoms with E-state index in [0.29, 0.717) is 29.5 Å². The van der Waals surface area contributed by atoms with E-state index in [9.17, 15) is 4.79 Å². The zero-order valence-electron chi connectivity index (χ0n) is 15.2. The van der Waals surface area contributed by atoms with Crippen LogP contribution in [0.25, 0.3) is 5.78 Å². The van der Waals surface area contributed by atoms with E-state index in [4.69, 9.17) is 11.6 Å². The van der Waals surface area contributed by atoms with Crippen molar-refractivity contribution >= 4 is 29.1 Å². The first-order chi connectivity index (χ1) is 13.2. The smallest absolute Gasteiger partial charge is 0.256 e. The van der Waals surface area contributed by atoms with Gasteiger partial charge in [-0.25, -0.2) is 0 Å². The highest BCUT2D eigenvalue weighted by Crippen LogP contribution is 2.19. The average Bonchev–Trinajstić information content (AvgIpc) is 3.17. The Morgan fingerprint density at radius 1 is 1.15 bits per heavy atom. The van der Waals surface area contributed by atoms with Gasteiger partial charge in [-0.3, -0.25) is 9.20 Å². The SMILES string of the molecule is CCCc1cc(N2CCN(C(=O)c3ccc(Cl)cc3)CC2)nc2nncn12. The van der Waals surface area contributed by atoms with E-state index in [0.717, 1.165) is 37.4 Å². The van der Waals surface area contributed by atoms with Gasteiger partial charge in [0.1, 0.15) is 12.1 Å². The van der Waals surface area contributed by atoms with Gasteiger partial charge in [-0.05, 0) is 30.7 Å². The number of piperazine rings is 1. The molecule has 4 rings (SSSR count). The number of amides is 1. The average molecular weight is 385 g/mol. The number of hydrogen-bond acceptors (Lipinski definition) is 5. The van der Waals surface area contributed by atoms with E-state index in [1.54, 1.807) is 30.6 Å². The van der Waals surface area contributed by atoms with Gasteiger partial charge in [-0.2, -0.15) is 4.98 Å². The van der Waals surface area contributed by atoms with Crippen molar-refractivity contribution in [3.8, 4) is 0 Å². The first-order valence-electron chi connectivity index (χ1n) is 9.15. The van der Waals surface area contributed by atoms with Gasteiger partial charge in [0.2, 0.25) is 0 Å². The van der Waals surface area contributed by atoms with Crippen LogP contribution in [-0.2, 0) is 6.42 Å². The lowest BCUT2D eigenvalue weighted by Gasteiger charge is -2.35. The van der Waals surface area contributed by atoms with Crippen LogP contribution in [0.15, 0.2) is 36.7 Å². The molecule has 0 atom stereocenters. The molecule has 1 aliphatic rings. The minimum absolute atomic E-state index is 0.0406. The molecule has 140 valence electrons. The zero-order valence-corrected chi connectivity index (χ0v) is 15.9. The van der Waals surface area contributed by atoms with Crippen LogP contribution in [0.4, 0.5) is 5.82 Å². The van der Waals surface area contributed by atoms with Crippen LogP contribution < -0.4 is 4.90 Å². The highest BCUT2D eigenvalue weighted by Gasteiger charge is 2.23. The molecular formula is C19H21ClN6O. The molecule has 1 aliphatic heterocycles. The molecular weight excluding hydrogens is 364 g/mol. The minimum atomic E-state index is 0.0406. The summed E-state index contributed by atoms with van der Waals surface area (Å²) in [5.74, 6) is 1.56. The molecule has 0 aliphatic carbocycles. The van der Waals surface area contributed by atoms with E-state index >= 15 is 0 Å². The summed E-state index contributed by atoms with van der Waals surface area (Å²) in [5, 5.41) is 8.72. The Bertz CT molecular complexity index is 946. The topological polar surface area (TPSA) is 66.6 Å². The van der Waals surface area contributed by atoms with Crippen LogP contribution in [0.1, 0.15) is 29.4 Å². The fourth-order valence-corrected chi connectivity index (χ4v) is 3.51. The first kappa shape index (κ1) is 17.7. The predicted octanol–water partition coefficient (Wildman–Crippen LogP) is 2.69. The van der Waals surface area contributed by atoms with Crippen molar-refractivity contribution in [2.45, 2.75) is 19.8 Å². The number of anilines is 1. The number of carbonyl (C=O) groups excluding carboxylic acids is 1. The molecule has 7 nitrogen and oxygen atoms in total. The van der Waals surface area contributed by atoms with Crippen LogP contribution >= 0.6 is 11.6 Å². The maximum Gasteiger partial charge on any atom is 0.256 e. The fourth-order valence-electron chi connectivity index (χ4n) is 3.39. The summed E-state index contributed by atoms with van der Waals surface area (Å²) >= 11 is 5.91. The molecule has 1 aromatic carbocycles. The normalized spacial score (nSPS) is 14.7. The number of carbonyl (C=O) groups is 1. The molecule has 0 N–H and O–H groups in total. The third kappa shape index (κ3) is 3.60. The number of nitrogens with zero attached hydrogens (tertiary/aromatic N) is 6. The molecule has 2 aromatic heterocycles. The molecule has 0 spiro atoms. The van der Waals surface area contributed by atoms with Gasteiger partial charge in [0.15, 0.2) is 0 Å². The fraction of sp³-hybridized carbons (Fsp3) is 0.368. The van der Waals surface area contributed by atoms with Gasteiger partial charge in [-0.15, -0.1) is 10.2 Å². The van der Waals surface area contributed by atoms with Crippen LogP contribution in [0.2, 0.25) is 5.02 Å². The molecule has 0 radical (unpaired) electrons. The standard InChI is InChI=1S/C19H21ClN6O/c1-2-3-16-12-17(22-19-23-21-13-26(16)19)24-8-10-25(11-9-24)18(27)14-4-6-15(20)7-5-14/h4-7,12-13H,2-3,8-11H2,1H3. The highest BCUT2D eigenvalue weighted by atomic mass is 35.5. The van der Waals surface area contributed by atoms with Gasteiger partial charge < -0.3 is 9.80 Å². The molecule has 0 unspecified atom stereocenters. The second-order valence-electron chi connectivity index (χ2n) is 6.64. The van der Waals surface area contributed by atoms with Crippen molar-refractivity contribution < 1.29 is 4.79 Å². The summed E-state index contributed by atoms with van der Waals surface area (Å²) in [6.45, 7) is 4.94. The summed E-state index contributed by atoms with van der Waals surface area (Å²) < 4.78 is 1.94. The second-order valence-corrected chi connectivity index (χ2v) is 7.08. The molecule has 1 saturated heterocycles. The van der Waals surface area contributed by atoms with Crippen molar-refractivity contribution in [2.75, 3.05) is 31.1 Å². The molecule has 27 heavy (non-hydrogen) atoms. The van der Waals surface area contributed by atoms with E-state index in [1.807, 2.05) is 9.30 Å². The maximum atomic E-state index is 12.7. The number of aromatic nitrogens is 4. The summed E-state index contributed by atoms with van der Waals surface area (Å²) in [4.78, 5) is 21.4. The van der Waals surface area contributed by atoms with Gasteiger partial charge >= 0.3 is 0 Å². The van der Waals surface area contributed by atoms with Crippen LogP contribution in [0, 0.1) is 0 Å². The van der Waals surface area contributed by atoms with Crippen LogP contribution in [0.3, 0.4) is 0 Å². The van der Waals surface area contributed by atoms with Gasteiger partial charge in [0, 0.05) is 48.5 Å². The van der Waals surface area contributed by atoms with E-state index in [-0.39, 0.29) is 5.91 Å². The summed E-state index contributed by atoms with van der Waals surface area (Å²) in [7, 11) is 0. The minimum Gasteiger partial charge on any atom is -0.353 e.